The van der Waals surface area contributed by atoms with Gasteiger partial charge < -0.3 is 20.3 Å². The highest BCUT2D eigenvalue weighted by Gasteiger charge is 2.37. The summed E-state index contributed by atoms with van der Waals surface area (Å²) in [6.45, 7) is 4.38. The van der Waals surface area contributed by atoms with E-state index in [2.05, 4.69) is 15.6 Å². The van der Waals surface area contributed by atoms with Crippen LogP contribution in [0, 0.1) is 11.8 Å². The van der Waals surface area contributed by atoms with Crippen molar-refractivity contribution in [3.05, 3.63) is 54.4 Å². The van der Waals surface area contributed by atoms with Crippen LogP contribution in [0.15, 0.2) is 48.8 Å². The van der Waals surface area contributed by atoms with E-state index < -0.39 is 12.0 Å². The minimum Gasteiger partial charge on any atom is -0.497 e. The van der Waals surface area contributed by atoms with E-state index in [0.717, 1.165) is 11.3 Å². The number of hydrogen-bond donors (Lipinski definition) is 2. The molecule has 3 amide bonds. The molecule has 0 saturated carbocycles. The molecule has 1 aromatic heterocycles. The van der Waals surface area contributed by atoms with Gasteiger partial charge in [0, 0.05) is 37.6 Å². The first kappa shape index (κ1) is 22.3. The van der Waals surface area contributed by atoms with Crippen LogP contribution >= 0.6 is 0 Å². The predicted octanol–water partition coefficient (Wildman–Crippen LogP) is 1.90. The molecule has 2 N–H and O–H groups in total. The fourth-order valence-electron chi connectivity index (χ4n) is 3.50. The maximum atomic E-state index is 12.9. The molecule has 1 saturated heterocycles. The van der Waals surface area contributed by atoms with E-state index in [1.54, 1.807) is 48.7 Å². The Morgan fingerprint density at radius 1 is 1.16 bits per heavy atom. The highest BCUT2D eigenvalue weighted by Crippen LogP contribution is 2.27. The van der Waals surface area contributed by atoms with E-state index >= 15 is 0 Å². The average molecular weight is 425 g/mol. The molecule has 164 valence electrons. The molecule has 3 rings (SSSR count). The Hall–Kier alpha value is -3.42. The largest absolute Gasteiger partial charge is 0.497 e. The molecule has 8 nitrogen and oxygen atoms in total. The number of ether oxygens (including phenoxy) is 1. The van der Waals surface area contributed by atoms with Crippen molar-refractivity contribution < 1.29 is 19.1 Å². The summed E-state index contributed by atoms with van der Waals surface area (Å²) in [4.78, 5) is 43.6. The fraction of sp³-hybridized carbons (Fsp3) is 0.391. The lowest BCUT2D eigenvalue weighted by atomic mass is 10.0. The third-order valence-electron chi connectivity index (χ3n) is 5.34. The molecule has 0 radical (unpaired) electrons. The van der Waals surface area contributed by atoms with Gasteiger partial charge in [-0.05, 0) is 47.9 Å². The van der Waals surface area contributed by atoms with E-state index in [9.17, 15) is 14.4 Å². The Morgan fingerprint density at radius 3 is 2.45 bits per heavy atom. The van der Waals surface area contributed by atoms with Crippen molar-refractivity contribution in [1.82, 2.24) is 15.6 Å². The van der Waals surface area contributed by atoms with E-state index in [-0.39, 0.29) is 36.6 Å². The average Bonchev–Trinajstić information content (AvgIpc) is 3.18. The Balaban J connectivity index is 1.60. The van der Waals surface area contributed by atoms with Crippen molar-refractivity contribution in [3.8, 4) is 5.75 Å². The molecule has 1 aliphatic heterocycles. The number of methoxy groups -OCH3 is 1. The minimum absolute atomic E-state index is 0.101. The molecule has 2 atom stereocenters. The van der Waals surface area contributed by atoms with Crippen LogP contribution in [0.5, 0.6) is 5.75 Å². The summed E-state index contributed by atoms with van der Waals surface area (Å²) in [5.41, 5.74) is 1.64. The van der Waals surface area contributed by atoms with Gasteiger partial charge in [0.15, 0.2) is 0 Å². The smallest absolute Gasteiger partial charge is 0.243 e. The van der Waals surface area contributed by atoms with Gasteiger partial charge in [0.05, 0.1) is 13.0 Å². The van der Waals surface area contributed by atoms with Crippen LogP contribution in [0.1, 0.15) is 25.8 Å². The molecule has 2 heterocycles. The van der Waals surface area contributed by atoms with Gasteiger partial charge in [-0.3, -0.25) is 19.4 Å². The van der Waals surface area contributed by atoms with Gasteiger partial charge >= 0.3 is 0 Å². The van der Waals surface area contributed by atoms with Gasteiger partial charge in [0.25, 0.3) is 0 Å². The van der Waals surface area contributed by atoms with Crippen LogP contribution in [-0.4, -0.2) is 42.4 Å². The number of carbonyl (C=O) groups is 3. The van der Waals surface area contributed by atoms with Crippen molar-refractivity contribution in [2.75, 3.05) is 18.6 Å². The maximum absolute atomic E-state index is 12.9. The van der Waals surface area contributed by atoms with Gasteiger partial charge in [-0.15, -0.1) is 0 Å². The number of amides is 3. The summed E-state index contributed by atoms with van der Waals surface area (Å²) >= 11 is 0. The molecule has 0 bridgehead atoms. The van der Waals surface area contributed by atoms with E-state index in [1.807, 2.05) is 26.0 Å². The van der Waals surface area contributed by atoms with Crippen molar-refractivity contribution in [2.24, 2.45) is 11.8 Å². The lowest BCUT2D eigenvalue weighted by Crippen LogP contribution is -2.51. The molecule has 1 aromatic carbocycles. The Morgan fingerprint density at radius 2 is 1.84 bits per heavy atom. The monoisotopic (exact) mass is 424 g/mol. The summed E-state index contributed by atoms with van der Waals surface area (Å²) in [5.74, 6) is -0.575. The number of nitrogens with zero attached hydrogens (tertiary/aromatic N) is 2. The molecule has 31 heavy (non-hydrogen) atoms. The first-order valence-electron chi connectivity index (χ1n) is 10.3. The topological polar surface area (TPSA) is 101 Å². The van der Waals surface area contributed by atoms with Crippen molar-refractivity contribution in [3.63, 3.8) is 0 Å². The van der Waals surface area contributed by atoms with Crippen LogP contribution in [0.4, 0.5) is 5.69 Å². The second-order valence-corrected chi connectivity index (χ2v) is 7.91. The summed E-state index contributed by atoms with van der Waals surface area (Å²) in [6, 6.07) is 10.1. The van der Waals surface area contributed by atoms with Gasteiger partial charge in [0.2, 0.25) is 17.7 Å². The first-order chi connectivity index (χ1) is 14.9. The fourth-order valence-corrected chi connectivity index (χ4v) is 3.50. The summed E-state index contributed by atoms with van der Waals surface area (Å²) in [5, 5.41) is 5.70. The number of rotatable bonds is 8. The number of hydrogen-bond acceptors (Lipinski definition) is 5. The molecular weight excluding hydrogens is 396 g/mol. The molecule has 0 spiro atoms. The molecule has 2 aromatic rings. The molecule has 1 aliphatic rings. The van der Waals surface area contributed by atoms with Crippen LogP contribution in [0.25, 0.3) is 0 Å². The Kier molecular flexibility index (Phi) is 7.23. The number of aromatic nitrogens is 1. The third kappa shape index (κ3) is 5.59. The number of benzene rings is 1. The van der Waals surface area contributed by atoms with E-state index in [1.165, 1.54) is 0 Å². The van der Waals surface area contributed by atoms with Gasteiger partial charge in [-0.1, -0.05) is 13.8 Å². The van der Waals surface area contributed by atoms with Crippen LogP contribution in [-0.2, 0) is 20.9 Å². The van der Waals surface area contributed by atoms with Crippen molar-refractivity contribution in [2.45, 2.75) is 32.9 Å². The zero-order chi connectivity index (χ0) is 22.4. The second-order valence-electron chi connectivity index (χ2n) is 7.91. The van der Waals surface area contributed by atoms with E-state index in [4.69, 9.17) is 4.74 Å². The standard InChI is InChI=1S/C23H28N4O4/c1-15(2)21(23(30)25-13-16-8-10-24-11-9-16)26-22(29)17-12-20(28)27(14-17)18-4-6-19(31-3)7-5-18/h4-11,15,17,21H,12-14H2,1-3H3,(H,25,30)(H,26,29). The normalized spacial score (nSPS) is 16.8. The number of carbonyl (C=O) groups excluding carboxylic acids is 3. The number of anilines is 1. The van der Waals surface area contributed by atoms with Crippen LogP contribution in [0.3, 0.4) is 0 Å². The van der Waals surface area contributed by atoms with Gasteiger partial charge in [-0.2, -0.15) is 0 Å². The molecule has 8 heteroatoms. The van der Waals surface area contributed by atoms with Gasteiger partial charge in [-0.25, -0.2) is 0 Å². The molecule has 1 fully saturated rings. The van der Waals surface area contributed by atoms with Crippen molar-refractivity contribution >= 4 is 23.4 Å². The van der Waals surface area contributed by atoms with Crippen molar-refractivity contribution in [1.29, 1.82) is 0 Å². The Bertz CT molecular complexity index is 915. The summed E-state index contributed by atoms with van der Waals surface area (Å²) in [7, 11) is 1.58. The first-order valence-corrected chi connectivity index (χ1v) is 10.3. The van der Waals surface area contributed by atoms with Crippen LogP contribution in [0.2, 0.25) is 0 Å². The SMILES string of the molecule is COc1ccc(N2CC(C(=O)NC(C(=O)NCc3ccncc3)C(C)C)CC2=O)cc1. The highest BCUT2D eigenvalue weighted by atomic mass is 16.5. The predicted molar refractivity (Wildman–Crippen MR) is 116 cm³/mol. The highest BCUT2D eigenvalue weighted by molar-refractivity contribution is 6.01. The molecule has 0 aliphatic carbocycles. The molecule has 2 unspecified atom stereocenters. The minimum atomic E-state index is -0.681. The van der Waals surface area contributed by atoms with Crippen LogP contribution < -0.4 is 20.3 Å². The molecular formula is C23H28N4O4. The van der Waals surface area contributed by atoms with Gasteiger partial charge in [0.1, 0.15) is 11.8 Å². The van der Waals surface area contributed by atoms with E-state index in [0.29, 0.717) is 12.3 Å². The zero-order valence-corrected chi connectivity index (χ0v) is 18.0. The zero-order valence-electron chi connectivity index (χ0n) is 18.0. The Labute approximate surface area is 182 Å². The maximum Gasteiger partial charge on any atom is 0.243 e. The lowest BCUT2D eigenvalue weighted by Gasteiger charge is -2.23. The summed E-state index contributed by atoms with van der Waals surface area (Å²) in [6.07, 6.45) is 3.44. The quantitative estimate of drug-likeness (QED) is 0.674. The lowest BCUT2D eigenvalue weighted by molar-refractivity contribution is -0.132. The third-order valence-corrected chi connectivity index (χ3v) is 5.34. The second kappa shape index (κ2) is 10.1. The number of nitrogens with one attached hydrogen (secondary N) is 2. The summed E-state index contributed by atoms with van der Waals surface area (Å²) < 4.78 is 5.15. The number of pyridine rings is 1.